The Morgan fingerprint density at radius 3 is 2.42 bits per heavy atom. The molecule has 0 aliphatic rings. The van der Waals surface area contributed by atoms with E-state index in [4.69, 9.17) is 0 Å². The molecular weight excluding hydrogens is 242 g/mol. The Morgan fingerprint density at radius 2 is 2.00 bits per heavy atom. The molecule has 106 valence electrons. The Kier molecular flexibility index (Phi) is 4.50. The number of carboxylic acids is 1. The second-order valence-corrected chi connectivity index (χ2v) is 5.49. The molecule has 0 spiro atoms. The van der Waals surface area contributed by atoms with Crippen molar-refractivity contribution in [2.24, 2.45) is 0 Å². The lowest BCUT2D eigenvalue weighted by Gasteiger charge is -2.35. The van der Waals surface area contributed by atoms with E-state index in [0.717, 1.165) is 11.5 Å². The third-order valence-corrected chi connectivity index (χ3v) is 3.17. The number of aliphatic carboxylic acids is 1. The summed E-state index contributed by atoms with van der Waals surface area (Å²) in [6.07, 6.45) is 0. The van der Waals surface area contributed by atoms with Crippen LogP contribution in [0.3, 0.4) is 0 Å². The Bertz CT molecular complexity index is 470. The summed E-state index contributed by atoms with van der Waals surface area (Å²) in [5.41, 5.74) is -0.141. The van der Waals surface area contributed by atoms with Gasteiger partial charge in [0.05, 0.1) is 0 Å². The standard InChI is InChI=1S/C14H23N3O2/c1-7-17(14(5,6)13(18)19)11-8-10(4)15-12(16-11)9(2)3/h8-9H,7H2,1-6H3,(H,18,19). The molecule has 1 N–H and O–H groups in total. The minimum Gasteiger partial charge on any atom is -0.480 e. The van der Waals surface area contributed by atoms with Crippen LogP contribution in [0.2, 0.25) is 0 Å². The lowest BCUT2D eigenvalue weighted by Crippen LogP contribution is -2.50. The van der Waals surface area contributed by atoms with Crippen molar-refractivity contribution in [2.45, 2.75) is 53.0 Å². The van der Waals surface area contributed by atoms with Crippen LogP contribution in [0.1, 0.15) is 52.1 Å². The van der Waals surface area contributed by atoms with Gasteiger partial charge in [0, 0.05) is 24.2 Å². The van der Waals surface area contributed by atoms with E-state index in [1.54, 1.807) is 18.7 Å². The Balaban J connectivity index is 3.30. The molecule has 0 aliphatic heterocycles. The van der Waals surface area contributed by atoms with E-state index >= 15 is 0 Å². The summed E-state index contributed by atoms with van der Waals surface area (Å²) >= 11 is 0. The van der Waals surface area contributed by atoms with Crippen molar-refractivity contribution >= 4 is 11.8 Å². The van der Waals surface area contributed by atoms with Gasteiger partial charge < -0.3 is 10.0 Å². The highest BCUT2D eigenvalue weighted by Gasteiger charge is 2.34. The summed E-state index contributed by atoms with van der Waals surface area (Å²) in [6, 6.07) is 1.83. The number of aryl methyl sites for hydroxylation is 1. The fourth-order valence-electron chi connectivity index (χ4n) is 1.93. The van der Waals surface area contributed by atoms with Crippen LogP contribution in [0.15, 0.2) is 6.07 Å². The van der Waals surface area contributed by atoms with Crippen molar-refractivity contribution < 1.29 is 9.90 Å². The first kappa shape index (κ1) is 15.4. The fourth-order valence-corrected chi connectivity index (χ4v) is 1.93. The summed E-state index contributed by atoms with van der Waals surface area (Å²) in [4.78, 5) is 22.1. The molecule has 0 atom stereocenters. The maximum Gasteiger partial charge on any atom is 0.328 e. The topological polar surface area (TPSA) is 66.3 Å². The summed E-state index contributed by atoms with van der Waals surface area (Å²) in [6.45, 7) is 11.8. The van der Waals surface area contributed by atoms with Crippen LogP contribution in [0, 0.1) is 6.92 Å². The highest BCUT2D eigenvalue weighted by molar-refractivity contribution is 5.82. The zero-order chi connectivity index (χ0) is 14.8. The first-order valence-electron chi connectivity index (χ1n) is 6.56. The number of rotatable bonds is 5. The van der Waals surface area contributed by atoms with E-state index < -0.39 is 11.5 Å². The molecule has 19 heavy (non-hydrogen) atoms. The monoisotopic (exact) mass is 265 g/mol. The molecule has 0 bridgehead atoms. The van der Waals surface area contributed by atoms with Gasteiger partial charge >= 0.3 is 5.97 Å². The normalized spacial score (nSPS) is 11.7. The second-order valence-electron chi connectivity index (χ2n) is 5.49. The molecule has 0 unspecified atom stereocenters. The predicted octanol–water partition coefficient (Wildman–Crippen LogP) is 2.60. The molecule has 1 aromatic heterocycles. The van der Waals surface area contributed by atoms with Gasteiger partial charge in [0.15, 0.2) is 0 Å². The number of anilines is 1. The lowest BCUT2D eigenvalue weighted by molar-refractivity contribution is -0.142. The van der Waals surface area contributed by atoms with E-state index in [0.29, 0.717) is 12.4 Å². The van der Waals surface area contributed by atoms with E-state index in [1.807, 2.05) is 33.8 Å². The second kappa shape index (κ2) is 5.55. The average molecular weight is 265 g/mol. The number of carbonyl (C=O) groups is 1. The van der Waals surface area contributed by atoms with Crippen molar-refractivity contribution in [1.29, 1.82) is 0 Å². The summed E-state index contributed by atoms with van der Waals surface area (Å²) in [5, 5.41) is 9.37. The smallest absolute Gasteiger partial charge is 0.328 e. The van der Waals surface area contributed by atoms with Gasteiger partial charge in [-0.05, 0) is 27.7 Å². The summed E-state index contributed by atoms with van der Waals surface area (Å²) in [5.74, 6) is 0.766. The quantitative estimate of drug-likeness (QED) is 0.886. The first-order valence-corrected chi connectivity index (χ1v) is 6.56. The molecule has 0 aliphatic carbocycles. The van der Waals surface area contributed by atoms with Crippen LogP contribution >= 0.6 is 0 Å². The zero-order valence-corrected chi connectivity index (χ0v) is 12.6. The maximum absolute atomic E-state index is 11.4. The lowest BCUT2D eigenvalue weighted by atomic mass is 10.0. The van der Waals surface area contributed by atoms with Crippen molar-refractivity contribution in [3.63, 3.8) is 0 Å². The van der Waals surface area contributed by atoms with Crippen LogP contribution in [-0.2, 0) is 4.79 Å². The van der Waals surface area contributed by atoms with Crippen molar-refractivity contribution in [2.75, 3.05) is 11.4 Å². The van der Waals surface area contributed by atoms with Crippen molar-refractivity contribution in [1.82, 2.24) is 9.97 Å². The molecule has 0 saturated heterocycles. The fraction of sp³-hybridized carbons (Fsp3) is 0.643. The number of hydrogen-bond acceptors (Lipinski definition) is 4. The van der Waals surface area contributed by atoms with E-state index in [2.05, 4.69) is 9.97 Å². The number of carboxylic acid groups (broad SMARTS) is 1. The molecule has 5 heteroatoms. The van der Waals surface area contributed by atoms with Crippen LogP contribution in [-0.4, -0.2) is 33.1 Å². The number of aromatic nitrogens is 2. The Labute approximate surface area is 114 Å². The van der Waals surface area contributed by atoms with Crippen LogP contribution in [0.25, 0.3) is 0 Å². The third-order valence-electron chi connectivity index (χ3n) is 3.17. The molecule has 5 nitrogen and oxygen atoms in total. The predicted molar refractivity (Wildman–Crippen MR) is 75.6 cm³/mol. The van der Waals surface area contributed by atoms with Crippen LogP contribution in [0.5, 0.6) is 0 Å². The molecule has 1 aromatic rings. The maximum atomic E-state index is 11.4. The molecule has 0 radical (unpaired) electrons. The van der Waals surface area contributed by atoms with Gasteiger partial charge in [0.2, 0.25) is 0 Å². The summed E-state index contributed by atoms with van der Waals surface area (Å²) in [7, 11) is 0. The highest BCUT2D eigenvalue weighted by atomic mass is 16.4. The molecule has 0 saturated carbocycles. The number of hydrogen-bond donors (Lipinski definition) is 1. The minimum absolute atomic E-state index is 0.213. The van der Waals surface area contributed by atoms with Gasteiger partial charge in [-0.1, -0.05) is 13.8 Å². The zero-order valence-electron chi connectivity index (χ0n) is 12.6. The molecule has 1 rings (SSSR count). The molecule has 1 heterocycles. The highest BCUT2D eigenvalue weighted by Crippen LogP contribution is 2.24. The van der Waals surface area contributed by atoms with E-state index in [1.165, 1.54) is 0 Å². The van der Waals surface area contributed by atoms with Gasteiger partial charge in [-0.3, -0.25) is 0 Å². The number of nitrogens with zero attached hydrogens (tertiary/aromatic N) is 3. The molecular formula is C14H23N3O2. The Morgan fingerprint density at radius 1 is 1.42 bits per heavy atom. The third kappa shape index (κ3) is 3.22. The van der Waals surface area contributed by atoms with E-state index in [9.17, 15) is 9.90 Å². The largest absolute Gasteiger partial charge is 0.480 e. The SMILES string of the molecule is CCN(c1cc(C)nc(C(C)C)n1)C(C)(C)C(=O)O. The van der Waals surface area contributed by atoms with Crippen LogP contribution < -0.4 is 4.90 Å². The molecule has 0 fully saturated rings. The minimum atomic E-state index is -0.996. The number of likely N-dealkylation sites (N-methyl/N-ethyl adjacent to an activating group) is 1. The van der Waals surface area contributed by atoms with Gasteiger partial charge in [0.1, 0.15) is 17.2 Å². The van der Waals surface area contributed by atoms with Gasteiger partial charge in [-0.15, -0.1) is 0 Å². The molecule has 0 amide bonds. The van der Waals surface area contributed by atoms with Gasteiger partial charge in [-0.2, -0.15) is 0 Å². The molecule has 0 aromatic carbocycles. The summed E-state index contributed by atoms with van der Waals surface area (Å²) < 4.78 is 0. The Hall–Kier alpha value is -1.65. The van der Waals surface area contributed by atoms with Crippen LogP contribution in [0.4, 0.5) is 5.82 Å². The average Bonchev–Trinajstić information content (AvgIpc) is 2.28. The van der Waals surface area contributed by atoms with Crippen molar-refractivity contribution in [3.8, 4) is 0 Å². The first-order chi connectivity index (χ1) is 8.70. The van der Waals surface area contributed by atoms with Gasteiger partial charge in [0.25, 0.3) is 0 Å². The van der Waals surface area contributed by atoms with Gasteiger partial charge in [-0.25, -0.2) is 14.8 Å². The van der Waals surface area contributed by atoms with E-state index in [-0.39, 0.29) is 5.92 Å². The van der Waals surface area contributed by atoms with Crippen molar-refractivity contribution in [3.05, 3.63) is 17.6 Å².